The molecule has 0 bridgehead atoms. The minimum absolute atomic E-state index is 0.0890. The fraction of sp³-hybridized carbons (Fsp3) is 0.579. The second kappa shape index (κ2) is 12.0. The Hall–Kier alpha value is -2.48. The minimum Gasteiger partial charge on any atom is -0.478 e. The van der Waals surface area contributed by atoms with Gasteiger partial charge in [0.15, 0.2) is 0 Å². The zero-order chi connectivity index (χ0) is 20.2. The average molecular weight is 380 g/mol. The first kappa shape index (κ1) is 22.6. The molecule has 27 heavy (non-hydrogen) atoms. The van der Waals surface area contributed by atoms with Gasteiger partial charge in [-0.25, -0.2) is 4.79 Å². The van der Waals surface area contributed by atoms with Crippen molar-refractivity contribution in [3.05, 3.63) is 39.4 Å². The first-order valence-electron chi connectivity index (χ1n) is 9.19. The Morgan fingerprint density at radius 1 is 1.19 bits per heavy atom. The summed E-state index contributed by atoms with van der Waals surface area (Å²) in [7, 11) is 1.44. The van der Waals surface area contributed by atoms with Crippen molar-refractivity contribution in [1.82, 2.24) is 0 Å². The van der Waals surface area contributed by atoms with Crippen molar-refractivity contribution in [1.29, 1.82) is 0 Å². The predicted molar refractivity (Wildman–Crippen MR) is 102 cm³/mol. The molecule has 8 heteroatoms. The molecule has 0 spiro atoms. The molecule has 0 aliphatic heterocycles. The molecule has 1 N–H and O–H groups in total. The van der Waals surface area contributed by atoms with Crippen molar-refractivity contribution >= 4 is 17.6 Å². The minimum atomic E-state index is -1.20. The van der Waals surface area contributed by atoms with Gasteiger partial charge in [-0.2, -0.15) is 0 Å². The van der Waals surface area contributed by atoms with E-state index in [1.807, 2.05) is 0 Å². The zero-order valence-electron chi connectivity index (χ0n) is 16.0. The van der Waals surface area contributed by atoms with Gasteiger partial charge in [-0.05, 0) is 18.6 Å². The van der Waals surface area contributed by atoms with E-state index in [2.05, 4.69) is 6.92 Å². The maximum Gasteiger partial charge on any atom is 0.337 e. The highest BCUT2D eigenvalue weighted by molar-refractivity contribution is 6.02. The summed E-state index contributed by atoms with van der Waals surface area (Å²) in [6.45, 7) is 2.03. The van der Waals surface area contributed by atoms with Crippen LogP contribution in [0.4, 0.5) is 5.69 Å². The van der Waals surface area contributed by atoms with Crippen LogP contribution in [-0.4, -0.2) is 42.2 Å². The third-order valence-corrected chi connectivity index (χ3v) is 4.21. The number of nitro groups is 1. The van der Waals surface area contributed by atoms with Crippen LogP contribution in [0.5, 0.6) is 0 Å². The van der Waals surface area contributed by atoms with E-state index in [1.165, 1.54) is 49.4 Å². The number of likely N-dealkylation sites (N-methyl/N-ethyl adjacent to an activating group) is 1. The topological polar surface area (TPSA) is 110 Å². The molecule has 0 fully saturated rings. The number of carboxylic acid groups (broad SMARTS) is 1. The molecular weight excluding hydrogens is 352 g/mol. The van der Waals surface area contributed by atoms with Gasteiger partial charge in [0.25, 0.3) is 5.91 Å². The van der Waals surface area contributed by atoms with Gasteiger partial charge in [-0.15, -0.1) is 0 Å². The van der Waals surface area contributed by atoms with Gasteiger partial charge in [-0.3, -0.25) is 14.9 Å². The number of hydrogen-bond acceptors (Lipinski definition) is 5. The number of ether oxygens (including phenoxy) is 1. The number of unbranched alkanes of at least 4 members (excludes halogenated alkanes) is 5. The van der Waals surface area contributed by atoms with E-state index in [1.54, 1.807) is 0 Å². The molecule has 0 aliphatic carbocycles. The van der Waals surface area contributed by atoms with Crippen LogP contribution in [0.2, 0.25) is 0 Å². The van der Waals surface area contributed by atoms with Crippen molar-refractivity contribution in [3.8, 4) is 0 Å². The van der Waals surface area contributed by atoms with E-state index in [0.717, 1.165) is 19.3 Å². The van der Waals surface area contributed by atoms with E-state index >= 15 is 0 Å². The largest absolute Gasteiger partial charge is 0.478 e. The molecule has 0 unspecified atom stereocenters. The predicted octanol–water partition coefficient (Wildman–Crippen LogP) is 3.50. The maximum absolute atomic E-state index is 12.3. The SMILES string of the molecule is CCCCCCCCOCC(=O)N(C)c1cc(C[N+](=O)[O-])ccc1C(=O)O. The van der Waals surface area contributed by atoms with Crippen LogP contribution in [0, 0.1) is 10.1 Å². The summed E-state index contributed by atoms with van der Waals surface area (Å²) in [5.74, 6) is -1.60. The Labute approximate surface area is 159 Å². The molecule has 1 rings (SSSR count). The van der Waals surface area contributed by atoms with Gasteiger partial charge in [0.1, 0.15) is 6.61 Å². The number of carbonyl (C=O) groups is 2. The molecule has 0 aliphatic rings. The number of nitrogens with zero attached hydrogens (tertiary/aromatic N) is 2. The lowest BCUT2D eigenvalue weighted by atomic mass is 10.1. The van der Waals surface area contributed by atoms with Gasteiger partial charge in [0.05, 0.1) is 11.3 Å². The number of aromatic carboxylic acids is 1. The Balaban J connectivity index is 2.60. The summed E-state index contributed by atoms with van der Waals surface area (Å²) in [5.41, 5.74) is 0.358. The molecule has 0 atom stereocenters. The molecular formula is C19H28N2O6. The molecule has 150 valence electrons. The van der Waals surface area contributed by atoms with E-state index in [9.17, 15) is 24.8 Å². The molecule has 8 nitrogen and oxygen atoms in total. The van der Waals surface area contributed by atoms with Crippen LogP contribution in [0.1, 0.15) is 61.4 Å². The van der Waals surface area contributed by atoms with Crippen LogP contribution < -0.4 is 4.90 Å². The first-order valence-corrected chi connectivity index (χ1v) is 9.19. The first-order chi connectivity index (χ1) is 12.9. The van der Waals surface area contributed by atoms with Gasteiger partial charge in [0.2, 0.25) is 6.54 Å². The average Bonchev–Trinajstić information content (AvgIpc) is 2.62. The zero-order valence-corrected chi connectivity index (χ0v) is 16.0. The van der Waals surface area contributed by atoms with Crippen molar-refractivity contribution < 1.29 is 24.4 Å². The molecule has 0 saturated heterocycles. The highest BCUT2D eigenvalue weighted by Gasteiger charge is 2.20. The van der Waals surface area contributed by atoms with E-state index in [0.29, 0.717) is 12.2 Å². The molecule has 1 aromatic carbocycles. The summed E-state index contributed by atoms with van der Waals surface area (Å²) in [5, 5.41) is 20.0. The van der Waals surface area contributed by atoms with Crippen LogP contribution in [0.3, 0.4) is 0 Å². The molecule has 0 heterocycles. The van der Waals surface area contributed by atoms with Crippen LogP contribution in [0.25, 0.3) is 0 Å². The normalized spacial score (nSPS) is 10.6. The second-order valence-corrected chi connectivity index (χ2v) is 6.42. The fourth-order valence-electron chi connectivity index (χ4n) is 2.66. The van der Waals surface area contributed by atoms with Crippen molar-refractivity contribution in [2.45, 2.75) is 52.0 Å². The third kappa shape index (κ3) is 8.17. The standard InChI is InChI=1S/C19H28N2O6/c1-3-4-5-6-7-8-11-27-14-18(22)20(2)17-12-15(13-21(25)26)9-10-16(17)19(23)24/h9-10,12H,3-8,11,13-14H2,1-2H3,(H,23,24). The molecule has 0 saturated carbocycles. The van der Waals surface area contributed by atoms with E-state index in [4.69, 9.17) is 4.74 Å². The Bertz CT molecular complexity index is 647. The highest BCUT2D eigenvalue weighted by Crippen LogP contribution is 2.22. The van der Waals surface area contributed by atoms with Crippen molar-refractivity contribution in [2.75, 3.05) is 25.2 Å². The Kier molecular flexibility index (Phi) is 10.0. The lowest BCUT2D eigenvalue weighted by molar-refractivity contribution is -0.496. The van der Waals surface area contributed by atoms with Gasteiger partial charge in [0, 0.05) is 24.1 Å². The second-order valence-electron chi connectivity index (χ2n) is 6.42. The summed E-state index contributed by atoms with van der Waals surface area (Å²) in [6.07, 6.45) is 6.70. The number of carboxylic acids is 1. The van der Waals surface area contributed by atoms with E-state index < -0.39 is 23.3 Å². The number of rotatable bonds is 13. The smallest absolute Gasteiger partial charge is 0.337 e. The van der Waals surface area contributed by atoms with Gasteiger partial charge < -0.3 is 14.7 Å². The number of carbonyl (C=O) groups excluding carboxylic acids is 1. The quantitative estimate of drug-likeness (QED) is 0.319. The third-order valence-electron chi connectivity index (χ3n) is 4.21. The summed E-state index contributed by atoms with van der Waals surface area (Å²) in [6, 6.07) is 4.01. The van der Waals surface area contributed by atoms with Crippen LogP contribution >= 0.6 is 0 Å². The van der Waals surface area contributed by atoms with Gasteiger partial charge >= 0.3 is 5.97 Å². The maximum atomic E-state index is 12.3. The summed E-state index contributed by atoms with van der Waals surface area (Å²) < 4.78 is 5.39. The summed E-state index contributed by atoms with van der Waals surface area (Å²) in [4.78, 5) is 35.0. The Morgan fingerprint density at radius 2 is 1.85 bits per heavy atom. The highest BCUT2D eigenvalue weighted by atomic mass is 16.6. The lowest BCUT2D eigenvalue weighted by Crippen LogP contribution is -2.31. The molecule has 0 radical (unpaired) electrons. The van der Waals surface area contributed by atoms with Crippen molar-refractivity contribution in [2.24, 2.45) is 0 Å². The monoisotopic (exact) mass is 380 g/mol. The van der Waals surface area contributed by atoms with Crippen molar-refractivity contribution in [3.63, 3.8) is 0 Å². The fourth-order valence-corrected chi connectivity index (χ4v) is 2.66. The molecule has 1 aromatic rings. The Morgan fingerprint density at radius 3 is 2.48 bits per heavy atom. The number of benzene rings is 1. The number of hydrogen-bond donors (Lipinski definition) is 1. The molecule has 0 aromatic heterocycles. The van der Waals surface area contributed by atoms with Crippen LogP contribution in [-0.2, 0) is 16.1 Å². The summed E-state index contributed by atoms with van der Waals surface area (Å²) >= 11 is 0. The lowest BCUT2D eigenvalue weighted by Gasteiger charge is -2.20. The number of amides is 1. The van der Waals surface area contributed by atoms with Gasteiger partial charge in [-0.1, -0.05) is 45.1 Å². The van der Waals surface area contributed by atoms with Crippen LogP contribution in [0.15, 0.2) is 18.2 Å². The molecule has 1 amide bonds. The van der Waals surface area contributed by atoms with E-state index in [-0.39, 0.29) is 17.9 Å². The number of anilines is 1.